The van der Waals surface area contributed by atoms with Gasteiger partial charge in [0.25, 0.3) is 0 Å². The lowest BCUT2D eigenvalue weighted by atomic mass is 9.89. The molecule has 0 saturated heterocycles. The molecular weight excluding hydrogens is 242 g/mol. The molecule has 0 aromatic carbocycles. The number of nitrogens with zero attached hydrogens (tertiary/aromatic N) is 3. The molecule has 2 aromatic rings. The van der Waals surface area contributed by atoms with Gasteiger partial charge in [0.15, 0.2) is 0 Å². The standard InChI is InChI=1S/C13H21N5O/c1-13(2,3)12-10(7-15-17-12)6-14-11-8-16-18(9-11)4-5-19/h7-9,14,19H,4-6H2,1-3H3,(H,15,17). The minimum absolute atomic E-state index is 0.0502. The molecule has 0 spiro atoms. The van der Waals surface area contributed by atoms with E-state index in [9.17, 15) is 0 Å². The Balaban J connectivity index is 2.00. The van der Waals surface area contributed by atoms with Crippen molar-refractivity contribution in [3.05, 3.63) is 29.8 Å². The van der Waals surface area contributed by atoms with Gasteiger partial charge >= 0.3 is 0 Å². The third-order valence-corrected chi connectivity index (χ3v) is 2.91. The number of rotatable bonds is 5. The summed E-state index contributed by atoms with van der Waals surface area (Å²) in [6.45, 7) is 7.78. The highest BCUT2D eigenvalue weighted by atomic mass is 16.3. The molecule has 2 rings (SSSR count). The average molecular weight is 263 g/mol. The van der Waals surface area contributed by atoms with E-state index in [2.05, 4.69) is 41.4 Å². The molecule has 2 aromatic heterocycles. The van der Waals surface area contributed by atoms with Gasteiger partial charge in [0.05, 0.1) is 31.2 Å². The summed E-state index contributed by atoms with van der Waals surface area (Å²) < 4.78 is 1.71. The van der Waals surface area contributed by atoms with Crippen molar-refractivity contribution in [1.82, 2.24) is 20.0 Å². The smallest absolute Gasteiger partial charge is 0.0729 e. The summed E-state index contributed by atoms with van der Waals surface area (Å²) in [5, 5.41) is 23.5. The second-order valence-corrected chi connectivity index (χ2v) is 5.59. The lowest BCUT2D eigenvalue weighted by Crippen LogP contribution is -2.15. The molecule has 6 heteroatoms. The maximum absolute atomic E-state index is 8.84. The van der Waals surface area contributed by atoms with E-state index >= 15 is 0 Å². The highest BCUT2D eigenvalue weighted by Gasteiger charge is 2.19. The van der Waals surface area contributed by atoms with Gasteiger partial charge in [0, 0.05) is 29.4 Å². The molecule has 3 N–H and O–H groups in total. The first-order valence-electron chi connectivity index (χ1n) is 6.40. The monoisotopic (exact) mass is 263 g/mol. The van der Waals surface area contributed by atoms with Crippen LogP contribution in [0.5, 0.6) is 0 Å². The van der Waals surface area contributed by atoms with E-state index in [0.717, 1.165) is 16.9 Å². The van der Waals surface area contributed by atoms with Gasteiger partial charge in [-0.3, -0.25) is 9.78 Å². The Morgan fingerprint density at radius 1 is 1.37 bits per heavy atom. The first kappa shape index (κ1) is 13.6. The molecule has 0 unspecified atom stereocenters. The Kier molecular flexibility index (Phi) is 3.90. The summed E-state index contributed by atoms with van der Waals surface area (Å²) in [4.78, 5) is 0. The summed E-state index contributed by atoms with van der Waals surface area (Å²) in [7, 11) is 0. The third-order valence-electron chi connectivity index (χ3n) is 2.91. The SMILES string of the molecule is CC(C)(C)c1[nH]ncc1CNc1cnn(CCO)c1. The van der Waals surface area contributed by atoms with Crippen LogP contribution in [0.3, 0.4) is 0 Å². The van der Waals surface area contributed by atoms with Crippen LogP contribution >= 0.6 is 0 Å². The molecule has 0 bridgehead atoms. The molecular formula is C13H21N5O. The molecule has 0 saturated carbocycles. The number of hydrogen-bond acceptors (Lipinski definition) is 4. The first-order valence-corrected chi connectivity index (χ1v) is 6.40. The van der Waals surface area contributed by atoms with E-state index in [1.54, 1.807) is 10.9 Å². The van der Waals surface area contributed by atoms with Crippen molar-refractivity contribution in [1.29, 1.82) is 0 Å². The van der Waals surface area contributed by atoms with Crippen LogP contribution in [0.25, 0.3) is 0 Å². The zero-order chi connectivity index (χ0) is 13.9. The van der Waals surface area contributed by atoms with E-state index in [0.29, 0.717) is 13.1 Å². The maximum atomic E-state index is 8.84. The van der Waals surface area contributed by atoms with Crippen LogP contribution in [0, 0.1) is 0 Å². The predicted molar refractivity (Wildman–Crippen MR) is 73.9 cm³/mol. The molecule has 0 aliphatic rings. The summed E-state index contributed by atoms with van der Waals surface area (Å²) in [6, 6.07) is 0. The molecule has 104 valence electrons. The average Bonchev–Trinajstić information content (AvgIpc) is 2.94. The minimum Gasteiger partial charge on any atom is -0.394 e. The maximum Gasteiger partial charge on any atom is 0.0729 e. The Morgan fingerprint density at radius 3 is 2.84 bits per heavy atom. The Hall–Kier alpha value is -1.82. The van der Waals surface area contributed by atoms with Crippen molar-refractivity contribution < 1.29 is 5.11 Å². The van der Waals surface area contributed by atoms with Gasteiger partial charge in [-0.25, -0.2) is 0 Å². The third kappa shape index (κ3) is 3.35. The van der Waals surface area contributed by atoms with Crippen molar-refractivity contribution in [2.24, 2.45) is 0 Å². The van der Waals surface area contributed by atoms with Crippen molar-refractivity contribution >= 4 is 5.69 Å². The van der Waals surface area contributed by atoms with Gasteiger partial charge in [-0.05, 0) is 0 Å². The van der Waals surface area contributed by atoms with Gasteiger partial charge in [-0.1, -0.05) is 20.8 Å². The number of anilines is 1. The number of nitrogens with one attached hydrogen (secondary N) is 2. The van der Waals surface area contributed by atoms with Gasteiger partial charge < -0.3 is 10.4 Å². The largest absolute Gasteiger partial charge is 0.394 e. The Bertz CT molecular complexity index is 523. The fourth-order valence-corrected chi connectivity index (χ4v) is 1.97. The van der Waals surface area contributed by atoms with Crippen LogP contribution in [-0.2, 0) is 18.5 Å². The highest BCUT2D eigenvalue weighted by molar-refractivity contribution is 5.40. The lowest BCUT2D eigenvalue weighted by molar-refractivity contribution is 0.269. The van der Waals surface area contributed by atoms with Gasteiger partial charge in [-0.2, -0.15) is 10.2 Å². The Labute approximate surface area is 112 Å². The second-order valence-electron chi connectivity index (χ2n) is 5.59. The highest BCUT2D eigenvalue weighted by Crippen LogP contribution is 2.23. The number of aromatic amines is 1. The summed E-state index contributed by atoms with van der Waals surface area (Å²) >= 11 is 0. The van der Waals surface area contributed by atoms with Gasteiger partial charge in [0.1, 0.15) is 0 Å². The van der Waals surface area contributed by atoms with Crippen LogP contribution < -0.4 is 5.32 Å². The van der Waals surface area contributed by atoms with E-state index in [4.69, 9.17) is 5.11 Å². The molecule has 0 amide bonds. The number of aromatic nitrogens is 4. The number of H-pyrrole nitrogens is 1. The van der Waals surface area contributed by atoms with Crippen molar-refractivity contribution in [2.45, 2.75) is 39.3 Å². The van der Waals surface area contributed by atoms with Crippen LogP contribution in [0.1, 0.15) is 32.0 Å². The molecule has 0 radical (unpaired) electrons. The van der Waals surface area contributed by atoms with Crippen LogP contribution in [0.15, 0.2) is 18.6 Å². The fraction of sp³-hybridized carbons (Fsp3) is 0.538. The zero-order valence-corrected chi connectivity index (χ0v) is 11.6. The zero-order valence-electron chi connectivity index (χ0n) is 11.6. The first-order chi connectivity index (χ1) is 9.00. The van der Waals surface area contributed by atoms with Gasteiger partial charge in [-0.15, -0.1) is 0 Å². The minimum atomic E-state index is 0.0502. The number of hydrogen-bond donors (Lipinski definition) is 3. The van der Waals surface area contributed by atoms with Crippen molar-refractivity contribution in [3.8, 4) is 0 Å². The summed E-state index contributed by atoms with van der Waals surface area (Å²) in [6.07, 6.45) is 5.49. The predicted octanol–water partition coefficient (Wildman–Crippen LogP) is 1.51. The normalized spacial score (nSPS) is 11.8. The van der Waals surface area contributed by atoms with Crippen LogP contribution in [0.2, 0.25) is 0 Å². The molecule has 6 nitrogen and oxygen atoms in total. The van der Waals surface area contributed by atoms with Crippen molar-refractivity contribution in [3.63, 3.8) is 0 Å². The van der Waals surface area contributed by atoms with Crippen molar-refractivity contribution in [2.75, 3.05) is 11.9 Å². The molecule has 0 atom stereocenters. The van der Waals surface area contributed by atoms with E-state index in [1.807, 2.05) is 12.4 Å². The van der Waals surface area contributed by atoms with Crippen LogP contribution in [-0.4, -0.2) is 31.7 Å². The number of aliphatic hydroxyl groups is 1. The lowest BCUT2D eigenvalue weighted by Gasteiger charge is -2.18. The topological polar surface area (TPSA) is 78.8 Å². The second kappa shape index (κ2) is 5.44. The summed E-state index contributed by atoms with van der Waals surface area (Å²) in [5.41, 5.74) is 3.29. The molecule has 19 heavy (non-hydrogen) atoms. The van der Waals surface area contributed by atoms with Crippen LogP contribution in [0.4, 0.5) is 5.69 Å². The van der Waals surface area contributed by atoms with E-state index in [1.165, 1.54) is 0 Å². The molecule has 0 aliphatic carbocycles. The quantitative estimate of drug-likeness (QED) is 0.764. The van der Waals surface area contributed by atoms with E-state index < -0.39 is 0 Å². The molecule has 0 fully saturated rings. The summed E-state index contributed by atoms with van der Waals surface area (Å²) in [5.74, 6) is 0. The van der Waals surface area contributed by atoms with E-state index in [-0.39, 0.29) is 12.0 Å². The Morgan fingerprint density at radius 2 is 2.16 bits per heavy atom. The van der Waals surface area contributed by atoms with Gasteiger partial charge in [0.2, 0.25) is 0 Å². The number of aliphatic hydroxyl groups excluding tert-OH is 1. The molecule has 0 aliphatic heterocycles. The molecule has 2 heterocycles. The fourth-order valence-electron chi connectivity index (χ4n) is 1.97.